The van der Waals surface area contributed by atoms with Gasteiger partial charge in [0.2, 0.25) is 0 Å². The fraction of sp³-hybridized carbons (Fsp3) is 0.600. The van der Waals surface area contributed by atoms with Crippen LogP contribution in [0.15, 0.2) is 30.5 Å². The van der Waals surface area contributed by atoms with Gasteiger partial charge in [-0.1, -0.05) is 6.07 Å². The Morgan fingerprint density at radius 2 is 1.90 bits per heavy atom. The number of nitrogens with zero attached hydrogens (tertiary/aromatic N) is 5. The third-order valence-electron chi connectivity index (χ3n) is 6.90. The van der Waals surface area contributed by atoms with Crippen LogP contribution in [0.25, 0.3) is 0 Å². The normalized spacial score (nSPS) is 20.5. The molecular formula is C25H37N5O. The van der Waals surface area contributed by atoms with Crippen LogP contribution in [0.4, 0.5) is 5.82 Å². The van der Waals surface area contributed by atoms with Gasteiger partial charge in [0.05, 0.1) is 5.56 Å². The lowest BCUT2D eigenvalue weighted by molar-refractivity contribution is 0.0636. The Morgan fingerprint density at radius 3 is 2.55 bits per heavy atom. The summed E-state index contributed by atoms with van der Waals surface area (Å²) in [4.78, 5) is 24.9. The molecule has 0 N–H and O–H groups in total. The minimum absolute atomic E-state index is 0.213. The van der Waals surface area contributed by atoms with E-state index in [1.165, 1.54) is 12.1 Å². The van der Waals surface area contributed by atoms with Crippen LogP contribution in [-0.2, 0) is 0 Å². The Morgan fingerprint density at radius 1 is 1.13 bits per heavy atom. The minimum Gasteiger partial charge on any atom is -0.354 e. The largest absolute Gasteiger partial charge is 0.354 e. The van der Waals surface area contributed by atoms with Crippen molar-refractivity contribution in [3.8, 4) is 0 Å². The van der Waals surface area contributed by atoms with Gasteiger partial charge in [-0.05, 0) is 64.7 Å². The van der Waals surface area contributed by atoms with Crippen molar-refractivity contribution >= 4 is 11.7 Å². The van der Waals surface area contributed by atoms with E-state index in [2.05, 4.69) is 70.1 Å². The van der Waals surface area contributed by atoms with E-state index >= 15 is 0 Å². The number of aryl methyl sites for hydroxylation is 1. The quantitative estimate of drug-likeness (QED) is 0.735. The molecule has 0 saturated carbocycles. The minimum atomic E-state index is 0.213. The number of carbonyl (C=O) groups is 1. The summed E-state index contributed by atoms with van der Waals surface area (Å²) in [6, 6.07) is 8.58. The molecule has 4 rings (SSSR count). The maximum atomic E-state index is 13.3. The number of hydrogen-bond donors (Lipinski definition) is 0. The zero-order valence-corrected chi connectivity index (χ0v) is 19.5. The van der Waals surface area contributed by atoms with Crippen LogP contribution in [0.5, 0.6) is 0 Å². The zero-order chi connectivity index (χ0) is 22.0. The van der Waals surface area contributed by atoms with Crippen molar-refractivity contribution in [2.45, 2.75) is 46.6 Å². The topological polar surface area (TPSA) is 44.6 Å². The first-order valence-corrected chi connectivity index (χ1v) is 11.8. The molecule has 0 spiro atoms. The molecule has 6 nitrogen and oxygen atoms in total. The Labute approximate surface area is 186 Å². The number of aromatic nitrogens is 2. The van der Waals surface area contributed by atoms with E-state index in [4.69, 9.17) is 0 Å². The fourth-order valence-electron chi connectivity index (χ4n) is 5.42. The first-order valence-electron chi connectivity index (χ1n) is 11.8. The maximum absolute atomic E-state index is 13.3. The average Bonchev–Trinajstić information content (AvgIpc) is 3.08. The Balaban J connectivity index is 1.33. The van der Waals surface area contributed by atoms with Crippen molar-refractivity contribution in [2.75, 3.05) is 50.7 Å². The molecular weight excluding hydrogens is 386 g/mol. The molecule has 2 aromatic heterocycles. The number of amides is 1. The second-order valence-electron chi connectivity index (χ2n) is 9.48. The van der Waals surface area contributed by atoms with Gasteiger partial charge in [0.1, 0.15) is 5.82 Å². The fourth-order valence-corrected chi connectivity index (χ4v) is 5.42. The molecule has 2 aliphatic heterocycles. The van der Waals surface area contributed by atoms with E-state index in [0.29, 0.717) is 12.0 Å². The van der Waals surface area contributed by atoms with Crippen molar-refractivity contribution in [1.29, 1.82) is 0 Å². The summed E-state index contributed by atoms with van der Waals surface area (Å²) in [5, 5.41) is 0. The number of likely N-dealkylation sites (tertiary alicyclic amines) is 1. The third-order valence-corrected chi connectivity index (χ3v) is 6.90. The van der Waals surface area contributed by atoms with Gasteiger partial charge in [-0.25, -0.2) is 4.98 Å². The first-order chi connectivity index (χ1) is 14.9. The van der Waals surface area contributed by atoms with Gasteiger partial charge in [-0.2, -0.15) is 0 Å². The predicted molar refractivity (Wildman–Crippen MR) is 126 cm³/mol. The molecule has 1 atom stereocenters. The first kappa shape index (κ1) is 21.9. The highest BCUT2D eigenvalue weighted by molar-refractivity contribution is 5.95. The van der Waals surface area contributed by atoms with E-state index in [1.54, 1.807) is 0 Å². The molecule has 2 aromatic rings. The highest BCUT2D eigenvalue weighted by atomic mass is 16.2. The monoisotopic (exact) mass is 423 g/mol. The van der Waals surface area contributed by atoms with E-state index in [9.17, 15) is 4.79 Å². The lowest BCUT2D eigenvalue weighted by atomic mass is 9.96. The SMILES string of the molecule is Cc1cc(C(=O)N2CCCC(CN3CCN(c4ccccn4)CC3)C2)c(C)n1C(C)C. The molecule has 0 radical (unpaired) electrons. The Bertz CT molecular complexity index is 883. The van der Waals surface area contributed by atoms with Gasteiger partial charge in [0, 0.05) is 69.4 Å². The predicted octanol–water partition coefficient (Wildman–Crippen LogP) is 3.76. The van der Waals surface area contributed by atoms with E-state index in [0.717, 1.165) is 69.3 Å². The summed E-state index contributed by atoms with van der Waals surface area (Å²) in [5.41, 5.74) is 3.16. The second-order valence-corrected chi connectivity index (χ2v) is 9.48. The second kappa shape index (κ2) is 9.43. The van der Waals surface area contributed by atoms with Crippen LogP contribution >= 0.6 is 0 Å². The molecule has 0 bridgehead atoms. The summed E-state index contributed by atoms with van der Waals surface area (Å²) in [6.45, 7) is 15.6. The lowest BCUT2D eigenvalue weighted by Gasteiger charge is -2.39. The van der Waals surface area contributed by atoms with E-state index in [1.807, 2.05) is 12.3 Å². The zero-order valence-electron chi connectivity index (χ0n) is 19.5. The molecule has 2 saturated heterocycles. The molecule has 4 heterocycles. The summed E-state index contributed by atoms with van der Waals surface area (Å²) in [6.07, 6.45) is 4.19. The number of hydrogen-bond acceptors (Lipinski definition) is 4. The van der Waals surface area contributed by atoms with Crippen molar-refractivity contribution in [3.63, 3.8) is 0 Å². The average molecular weight is 424 g/mol. The molecule has 2 fully saturated rings. The van der Waals surface area contributed by atoms with Crippen LogP contribution in [-0.4, -0.2) is 71.1 Å². The summed E-state index contributed by atoms with van der Waals surface area (Å²) in [7, 11) is 0. The van der Waals surface area contributed by atoms with Crippen molar-refractivity contribution in [3.05, 3.63) is 47.4 Å². The Kier molecular flexibility index (Phi) is 6.65. The van der Waals surface area contributed by atoms with Gasteiger partial charge in [0.15, 0.2) is 0 Å². The molecule has 2 aliphatic rings. The van der Waals surface area contributed by atoms with Crippen LogP contribution < -0.4 is 4.90 Å². The molecule has 168 valence electrons. The highest BCUT2D eigenvalue weighted by Crippen LogP contribution is 2.25. The van der Waals surface area contributed by atoms with Crippen molar-refractivity contribution in [2.24, 2.45) is 5.92 Å². The summed E-state index contributed by atoms with van der Waals surface area (Å²) in [5.74, 6) is 1.85. The van der Waals surface area contributed by atoms with Crippen LogP contribution in [0.1, 0.15) is 54.5 Å². The number of anilines is 1. The number of piperazine rings is 1. The van der Waals surface area contributed by atoms with E-state index in [-0.39, 0.29) is 5.91 Å². The van der Waals surface area contributed by atoms with E-state index < -0.39 is 0 Å². The summed E-state index contributed by atoms with van der Waals surface area (Å²) >= 11 is 0. The summed E-state index contributed by atoms with van der Waals surface area (Å²) < 4.78 is 2.27. The van der Waals surface area contributed by atoms with Crippen LogP contribution in [0.2, 0.25) is 0 Å². The molecule has 0 aliphatic carbocycles. The van der Waals surface area contributed by atoms with Crippen LogP contribution in [0.3, 0.4) is 0 Å². The Hall–Kier alpha value is -2.34. The number of rotatable bonds is 5. The molecule has 31 heavy (non-hydrogen) atoms. The molecule has 1 unspecified atom stereocenters. The number of carbonyl (C=O) groups excluding carboxylic acids is 1. The smallest absolute Gasteiger partial charge is 0.255 e. The van der Waals surface area contributed by atoms with Gasteiger partial charge in [0.25, 0.3) is 5.91 Å². The van der Waals surface area contributed by atoms with Crippen molar-refractivity contribution < 1.29 is 4.79 Å². The third kappa shape index (κ3) is 4.79. The number of pyridine rings is 1. The lowest BCUT2D eigenvalue weighted by Crippen LogP contribution is -2.50. The van der Waals surface area contributed by atoms with Crippen LogP contribution in [0, 0.1) is 19.8 Å². The maximum Gasteiger partial charge on any atom is 0.255 e. The van der Waals surface area contributed by atoms with Gasteiger partial charge in [-0.15, -0.1) is 0 Å². The number of piperidine rings is 1. The van der Waals surface area contributed by atoms with Gasteiger partial charge in [-0.3, -0.25) is 9.69 Å². The standard InChI is InChI=1S/C25H37N5O/c1-19(2)30-20(3)16-23(21(30)4)25(31)29-11-7-8-22(18-29)17-27-12-14-28(15-13-27)24-9-5-6-10-26-24/h5-6,9-10,16,19,22H,7-8,11-15,17-18H2,1-4H3. The molecule has 1 amide bonds. The van der Waals surface area contributed by atoms with Crippen molar-refractivity contribution in [1.82, 2.24) is 19.4 Å². The van der Waals surface area contributed by atoms with Gasteiger partial charge < -0.3 is 14.4 Å². The molecule has 6 heteroatoms. The highest BCUT2D eigenvalue weighted by Gasteiger charge is 2.29. The van der Waals surface area contributed by atoms with Gasteiger partial charge >= 0.3 is 0 Å². The molecule has 0 aromatic carbocycles.